The van der Waals surface area contributed by atoms with Gasteiger partial charge in [0.05, 0.1) is 21.1 Å². The minimum atomic E-state index is -0.245. The second kappa shape index (κ2) is 9.30. The topological polar surface area (TPSA) is 41.6 Å². The molecule has 0 heterocycles. The maximum absolute atomic E-state index is 12.1. The molecule has 0 aliphatic rings. The number of carbonyl (C=O) groups excluding carboxylic acids is 1. The summed E-state index contributed by atoms with van der Waals surface area (Å²) in [6, 6.07) is 13.0. The monoisotopic (exact) mass is 400 g/mol. The Morgan fingerprint density at radius 1 is 1.08 bits per heavy atom. The molecular weight excluding hydrogens is 383 g/mol. The van der Waals surface area contributed by atoms with Crippen molar-refractivity contribution in [1.82, 2.24) is 10.2 Å². The Labute approximate surface area is 162 Å². The lowest BCUT2D eigenvalue weighted by Gasteiger charge is -2.25. The molecule has 0 aliphatic carbocycles. The summed E-state index contributed by atoms with van der Waals surface area (Å²) in [6.45, 7) is 0.306. The molecule has 0 saturated heterocycles. The van der Waals surface area contributed by atoms with Crippen molar-refractivity contribution in [3.05, 3.63) is 63.1 Å². The summed E-state index contributed by atoms with van der Waals surface area (Å²) >= 11 is 17.8. The summed E-state index contributed by atoms with van der Waals surface area (Å²) < 4.78 is 5.43. The molecule has 0 aromatic heterocycles. The second-order valence-corrected chi connectivity index (χ2v) is 6.90. The zero-order valence-corrected chi connectivity index (χ0v) is 16.2. The van der Waals surface area contributed by atoms with Crippen molar-refractivity contribution in [3.8, 4) is 5.75 Å². The lowest BCUT2D eigenvalue weighted by molar-refractivity contribution is -0.123. The molecule has 134 valence electrons. The number of carbonyl (C=O) groups is 1. The summed E-state index contributed by atoms with van der Waals surface area (Å²) in [5.74, 6) is 0.0726. The molecule has 2 aromatic rings. The smallest absolute Gasteiger partial charge is 0.258 e. The summed E-state index contributed by atoms with van der Waals surface area (Å²) in [5, 5.41) is 3.83. The number of ether oxygens (including phenoxy) is 1. The molecule has 1 N–H and O–H groups in total. The molecule has 0 aliphatic heterocycles. The van der Waals surface area contributed by atoms with Gasteiger partial charge in [0.1, 0.15) is 5.75 Å². The van der Waals surface area contributed by atoms with Crippen molar-refractivity contribution in [3.63, 3.8) is 0 Å². The van der Waals surface area contributed by atoms with Gasteiger partial charge in [-0.25, -0.2) is 0 Å². The van der Waals surface area contributed by atoms with Gasteiger partial charge < -0.3 is 15.0 Å². The standard InChI is InChI=1S/C18H19Cl3N2O2/c1-23(2)16(12-6-4-3-5-7-12)10-22-18(24)11-25-17-9-14(20)13(19)8-15(17)21/h3-9,16H,10-11H2,1-2H3,(H,22,24)/t16-/m0/s1. The van der Waals surface area contributed by atoms with Crippen LogP contribution in [0.3, 0.4) is 0 Å². The van der Waals surface area contributed by atoms with Crippen LogP contribution in [0.4, 0.5) is 0 Å². The van der Waals surface area contributed by atoms with E-state index in [0.29, 0.717) is 27.4 Å². The molecule has 0 unspecified atom stereocenters. The van der Waals surface area contributed by atoms with E-state index in [-0.39, 0.29) is 18.6 Å². The Balaban J connectivity index is 1.91. The molecule has 0 saturated carbocycles. The largest absolute Gasteiger partial charge is 0.482 e. The van der Waals surface area contributed by atoms with Crippen molar-refractivity contribution in [2.75, 3.05) is 27.2 Å². The normalized spacial score (nSPS) is 12.1. The van der Waals surface area contributed by atoms with Gasteiger partial charge in [0.15, 0.2) is 6.61 Å². The zero-order valence-electron chi connectivity index (χ0n) is 13.9. The third-order valence-corrected chi connectivity index (χ3v) is 4.65. The van der Waals surface area contributed by atoms with E-state index in [4.69, 9.17) is 39.5 Å². The third kappa shape index (κ3) is 5.79. The van der Waals surface area contributed by atoms with Crippen molar-refractivity contribution in [2.24, 2.45) is 0 Å². The lowest BCUT2D eigenvalue weighted by atomic mass is 10.1. The zero-order chi connectivity index (χ0) is 18.4. The Hall–Kier alpha value is -1.46. The highest BCUT2D eigenvalue weighted by atomic mass is 35.5. The fourth-order valence-electron chi connectivity index (χ4n) is 2.29. The van der Waals surface area contributed by atoms with E-state index in [2.05, 4.69) is 5.32 Å². The van der Waals surface area contributed by atoms with Crippen LogP contribution in [0.2, 0.25) is 15.1 Å². The number of halogens is 3. The first kappa shape index (κ1) is 19.9. The molecule has 1 atom stereocenters. The highest BCUT2D eigenvalue weighted by molar-refractivity contribution is 6.43. The summed E-state index contributed by atoms with van der Waals surface area (Å²) in [4.78, 5) is 14.1. The first-order chi connectivity index (χ1) is 11.9. The van der Waals surface area contributed by atoms with Crippen LogP contribution in [0.5, 0.6) is 5.75 Å². The van der Waals surface area contributed by atoms with Crippen LogP contribution in [-0.4, -0.2) is 38.1 Å². The van der Waals surface area contributed by atoms with Crippen molar-refractivity contribution < 1.29 is 9.53 Å². The van der Waals surface area contributed by atoms with E-state index in [1.54, 1.807) is 0 Å². The molecule has 7 heteroatoms. The highest BCUT2D eigenvalue weighted by Crippen LogP contribution is 2.33. The van der Waals surface area contributed by atoms with E-state index in [9.17, 15) is 4.79 Å². The van der Waals surface area contributed by atoms with E-state index in [1.807, 2.05) is 49.3 Å². The van der Waals surface area contributed by atoms with Crippen LogP contribution in [0.1, 0.15) is 11.6 Å². The average molecular weight is 402 g/mol. The van der Waals surface area contributed by atoms with E-state index < -0.39 is 0 Å². The van der Waals surface area contributed by atoms with Gasteiger partial charge in [-0.1, -0.05) is 65.1 Å². The van der Waals surface area contributed by atoms with Gasteiger partial charge in [0.2, 0.25) is 0 Å². The minimum Gasteiger partial charge on any atom is -0.482 e. The van der Waals surface area contributed by atoms with Gasteiger partial charge in [0.25, 0.3) is 5.91 Å². The first-order valence-electron chi connectivity index (χ1n) is 7.64. The number of likely N-dealkylation sites (N-methyl/N-ethyl adjacent to an activating group) is 1. The van der Waals surface area contributed by atoms with Gasteiger partial charge in [-0.2, -0.15) is 0 Å². The predicted molar refractivity (Wildman–Crippen MR) is 103 cm³/mol. The highest BCUT2D eigenvalue weighted by Gasteiger charge is 2.15. The van der Waals surface area contributed by atoms with Crippen LogP contribution < -0.4 is 10.1 Å². The van der Waals surface area contributed by atoms with Gasteiger partial charge in [-0.05, 0) is 25.7 Å². The maximum Gasteiger partial charge on any atom is 0.258 e. The van der Waals surface area contributed by atoms with E-state index in [1.165, 1.54) is 12.1 Å². The number of amides is 1. The molecule has 0 fully saturated rings. The van der Waals surface area contributed by atoms with E-state index in [0.717, 1.165) is 5.56 Å². The Bertz CT molecular complexity index is 724. The van der Waals surface area contributed by atoms with Gasteiger partial charge in [-0.15, -0.1) is 0 Å². The number of nitrogens with zero attached hydrogens (tertiary/aromatic N) is 1. The predicted octanol–water partition coefficient (Wildman–Crippen LogP) is 4.44. The fourth-order valence-corrected chi connectivity index (χ4v) is 2.88. The van der Waals surface area contributed by atoms with Gasteiger partial charge in [0, 0.05) is 12.6 Å². The molecule has 4 nitrogen and oxygen atoms in total. The van der Waals surface area contributed by atoms with E-state index >= 15 is 0 Å². The molecule has 0 bridgehead atoms. The average Bonchev–Trinajstić information content (AvgIpc) is 2.58. The molecule has 2 aromatic carbocycles. The molecule has 1 amide bonds. The molecule has 2 rings (SSSR count). The lowest BCUT2D eigenvalue weighted by Crippen LogP contribution is -2.36. The number of nitrogens with one attached hydrogen (secondary N) is 1. The number of hydrogen-bond acceptors (Lipinski definition) is 3. The Morgan fingerprint density at radius 2 is 1.72 bits per heavy atom. The Morgan fingerprint density at radius 3 is 2.36 bits per heavy atom. The SMILES string of the molecule is CN(C)[C@@H](CNC(=O)COc1cc(Cl)c(Cl)cc1Cl)c1ccccc1. The van der Waals surface area contributed by atoms with Crippen LogP contribution in [0, 0.1) is 0 Å². The summed E-state index contributed by atoms with van der Waals surface area (Å²) in [5.41, 5.74) is 1.13. The van der Waals surface area contributed by atoms with Crippen molar-refractivity contribution in [1.29, 1.82) is 0 Å². The molecular formula is C18H19Cl3N2O2. The number of benzene rings is 2. The molecule has 25 heavy (non-hydrogen) atoms. The van der Waals surface area contributed by atoms with Crippen molar-refractivity contribution in [2.45, 2.75) is 6.04 Å². The van der Waals surface area contributed by atoms with Gasteiger partial charge in [-0.3, -0.25) is 4.79 Å². The quantitative estimate of drug-likeness (QED) is 0.697. The number of hydrogen-bond donors (Lipinski definition) is 1. The number of rotatable bonds is 7. The summed E-state index contributed by atoms with van der Waals surface area (Å²) in [6.07, 6.45) is 0. The second-order valence-electron chi connectivity index (χ2n) is 5.68. The Kier molecular flexibility index (Phi) is 7.38. The van der Waals surface area contributed by atoms with Crippen LogP contribution in [0.15, 0.2) is 42.5 Å². The molecule has 0 radical (unpaired) electrons. The summed E-state index contributed by atoms with van der Waals surface area (Å²) in [7, 11) is 3.94. The fraction of sp³-hybridized carbons (Fsp3) is 0.278. The first-order valence-corrected chi connectivity index (χ1v) is 8.77. The minimum absolute atomic E-state index is 0.0683. The van der Waals surface area contributed by atoms with Gasteiger partial charge >= 0.3 is 0 Å². The third-order valence-electron chi connectivity index (χ3n) is 3.63. The van der Waals surface area contributed by atoms with Crippen LogP contribution in [-0.2, 0) is 4.79 Å². The maximum atomic E-state index is 12.1. The van der Waals surface area contributed by atoms with Crippen LogP contribution >= 0.6 is 34.8 Å². The molecule has 0 spiro atoms. The van der Waals surface area contributed by atoms with Crippen molar-refractivity contribution >= 4 is 40.7 Å². The van der Waals surface area contributed by atoms with Crippen LogP contribution in [0.25, 0.3) is 0 Å².